The van der Waals surface area contributed by atoms with E-state index in [1.54, 1.807) is 10.9 Å². The van der Waals surface area contributed by atoms with E-state index in [0.717, 1.165) is 42.1 Å². The van der Waals surface area contributed by atoms with E-state index in [4.69, 9.17) is 0 Å². The second-order valence-electron chi connectivity index (χ2n) is 6.75. The number of aryl methyl sites for hydroxylation is 1. The first-order valence-electron chi connectivity index (χ1n) is 9.00. The average molecular weight is 382 g/mol. The average Bonchev–Trinajstić information content (AvgIpc) is 3.28. The maximum absolute atomic E-state index is 12.4. The lowest BCUT2D eigenvalue weighted by Gasteiger charge is -2.16. The van der Waals surface area contributed by atoms with Gasteiger partial charge in [-0.2, -0.15) is 5.10 Å². The van der Waals surface area contributed by atoms with Gasteiger partial charge in [0.25, 0.3) is 0 Å². The Morgan fingerprint density at radius 3 is 3.00 bits per heavy atom. The first-order chi connectivity index (χ1) is 13.2. The summed E-state index contributed by atoms with van der Waals surface area (Å²) in [5, 5.41) is 9.03. The molecule has 1 N–H and O–H groups in total. The van der Waals surface area contributed by atoms with E-state index in [1.807, 2.05) is 13.1 Å². The molecular formula is C19H22N6OS. The normalized spacial score (nSPS) is 17.4. The van der Waals surface area contributed by atoms with Gasteiger partial charge < -0.3 is 5.32 Å². The number of benzene rings is 1. The van der Waals surface area contributed by atoms with Crippen LogP contribution in [0.2, 0.25) is 0 Å². The maximum atomic E-state index is 12.4. The smallest absolute Gasteiger partial charge is 0.230 e. The summed E-state index contributed by atoms with van der Waals surface area (Å²) in [4.78, 5) is 23.3. The Hall–Kier alpha value is -2.45. The first-order valence-corrected chi connectivity index (χ1v) is 9.99. The van der Waals surface area contributed by atoms with Gasteiger partial charge in [0, 0.05) is 32.7 Å². The molecule has 7 nitrogen and oxygen atoms in total. The van der Waals surface area contributed by atoms with Crippen molar-refractivity contribution in [2.45, 2.75) is 24.0 Å². The number of likely N-dealkylation sites (tertiary alicyclic amines) is 1. The van der Waals surface area contributed by atoms with Crippen molar-refractivity contribution in [3.63, 3.8) is 0 Å². The van der Waals surface area contributed by atoms with Gasteiger partial charge in [-0.05, 0) is 12.0 Å². The van der Waals surface area contributed by atoms with E-state index in [0.29, 0.717) is 5.75 Å². The Balaban J connectivity index is 1.27. The molecule has 8 heteroatoms. The zero-order valence-electron chi connectivity index (χ0n) is 15.2. The van der Waals surface area contributed by atoms with E-state index >= 15 is 0 Å². The highest BCUT2D eigenvalue weighted by molar-refractivity contribution is 8.00. The fourth-order valence-corrected chi connectivity index (χ4v) is 4.17. The minimum absolute atomic E-state index is 0.0437. The summed E-state index contributed by atoms with van der Waals surface area (Å²) in [6.45, 7) is 2.84. The highest BCUT2D eigenvalue weighted by Gasteiger charge is 2.24. The molecule has 0 saturated carbocycles. The summed E-state index contributed by atoms with van der Waals surface area (Å²) in [6, 6.07) is 10.7. The van der Waals surface area contributed by atoms with Crippen LogP contribution >= 0.6 is 11.8 Å². The van der Waals surface area contributed by atoms with Crippen LogP contribution in [0.3, 0.4) is 0 Å². The van der Waals surface area contributed by atoms with Crippen LogP contribution in [-0.4, -0.2) is 55.4 Å². The first kappa shape index (κ1) is 17.9. The number of aromatic nitrogens is 4. The van der Waals surface area contributed by atoms with Crippen LogP contribution in [0.1, 0.15) is 12.0 Å². The molecule has 1 amide bonds. The number of hydrogen-bond acceptors (Lipinski definition) is 6. The third kappa shape index (κ3) is 4.28. The van der Waals surface area contributed by atoms with Crippen LogP contribution in [0, 0.1) is 0 Å². The molecule has 1 aliphatic heterocycles. The molecule has 27 heavy (non-hydrogen) atoms. The predicted molar refractivity (Wildman–Crippen MR) is 105 cm³/mol. The third-order valence-corrected chi connectivity index (χ3v) is 5.72. The van der Waals surface area contributed by atoms with Gasteiger partial charge in [-0.1, -0.05) is 42.1 Å². The summed E-state index contributed by atoms with van der Waals surface area (Å²) in [5.74, 6) is 0.387. The molecule has 1 fully saturated rings. The van der Waals surface area contributed by atoms with E-state index < -0.39 is 0 Å². The van der Waals surface area contributed by atoms with Gasteiger partial charge >= 0.3 is 0 Å². The molecule has 0 radical (unpaired) electrons. The van der Waals surface area contributed by atoms with Gasteiger partial charge in [0.2, 0.25) is 5.91 Å². The molecular weight excluding hydrogens is 360 g/mol. The number of thioether (sulfide) groups is 1. The van der Waals surface area contributed by atoms with E-state index in [1.165, 1.54) is 23.7 Å². The monoisotopic (exact) mass is 382 g/mol. The lowest BCUT2D eigenvalue weighted by atomic mass is 10.2. The third-order valence-electron chi connectivity index (χ3n) is 4.72. The van der Waals surface area contributed by atoms with Crippen LogP contribution in [-0.2, 0) is 18.4 Å². The highest BCUT2D eigenvalue weighted by atomic mass is 32.2. The van der Waals surface area contributed by atoms with Crippen molar-refractivity contribution in [2.75, 3.05) is 18.8 Å². The van der Waals surface area contributed by atoms with Gasteiger partial charge in [-0.3, -0.25) is 14.4 Å². The van der Waals surface area contributed by atoms with Crippen molar-refractivity contribution in [3.8, 4) is 0 Å². The minimum Gasteiger partial charge on any atom is -0.351 e. The quantitative estimate of drug-likeness (QED) is 0.518. The van der Waals surface area contributed by atoms with E-state index in [2.05, 4.69) is 49.5 Å². The second kappa shape index (κ2) is 8.06. The Morgan fingerprint density at radius 2 is 2.15 bits per heavy atom. The molecule has 1 aromatic carbocycles. The number of nitrogens with one attached hydrogen (secondary N) is 1. The van der Waals surface area contributed by atoms with Crippen molar-refractivity contribution in [1.82, 2.24) is 30.0 Å². The maximum Gasteiger partial charge on any atom is 0.230 e. The number of amides is 1. The zero-order valence-corrected chi connectivity index (χ0v) is 16.0. The van der Waals surface area contributed by atoms with Gasteiger partial charge in [-0.15, -0.1) is 0 Å². The molecule has 3 aromatic rings. The predicted octanol–water partition coefficient (Wildman–Crippen LogP) is 1.85. The molecule has 4 rings (SSSR count). The summed E-state index contributed by atoms with van der Waals surface area (Å²) < 4.78 is 1.71. The Labute approximate surface area is 162 Å². The van der Waals surface area contributed by atoms with Gasteiger partial charge in [0.1, 0.15) is 11.4 Å². The van der Waals surface area contributed by atoms with Crippen LogP contribution in [0.4, 0.5) is 0 Å². The number of hydrogen-bond donors (Lipinski definition) is 1. The van der Waals surface area contributed by atoms with Crippen molar-refractivity contribution < 1.29 is 4.79 Å². The van der Waals surface area contributed by atoms with Crippen molar-refractivity contribution >= 4 is 28.7 Å². The molecule has 140 valence electrons. The zero-order chi connectivity index (χ0) is 18.6. The molecule has 3 heterocycles. The standard InChI is InChI=1S/C19H22N6OS/c1-24-18-16(9-22-24)19(21-13-20-18)27-12-17(26)23-15-7-8-25(11-15)10-14-5-3-2-4-6-14/h2-6,9,13,15H,7-8,10-12H2,1H3,(H,23,26)/t15-/m1/s1. The summed E-state index contributed by atoms with van der Waals surface area (Å²) in [5.41, 5.74) is 2.09. The molecule has 0 bridgehead atoms. The Bertz CT molecular complexity index is 928. The SMILES string of the molecule is Cn1ncc2c(SCC(=O)N[C@@H]3CCN(Cc4ccccc4)C3)ncnc21. The molecule has 1 atom stereocenters. The van der Waals surface area contributed by atoms with Crippen molar-refractivity contribution in [2.24, 2.45) is 7.05 Å². The largest absolute Gasteiger partial charge is 0.351 e. The topological polar surface area (TPSA) is 75.9 Å². The highest BCUT2D eigenvalue weighted by Crippen LogP contribution is 2.23. The number of rotatable bonds is 6. The fraction of sp³-hybridized carbons (Fsp3) is 0.368. The molecule has 2 aromatic heterocycles. The Kier molecular flexibility index (Phi) is 5.35. The Morgan fingerprint density at radius 1 is 1.30 bits per heavy atom. The lowest BCUT2D eigenvalue weighted by Crippen LogP contribution is -2.38. The fourth-order valence-electron chi connectivity index (χ4n) is 3.39. The minimum atomic E-state index is 0.0437. The van der Waals surface area contributed by atoms with Crippen LogP contribution in [0.5, 0.6) is 0 Å². The second-order valence-corrected chi connectivity index (χ2v) is 7.71. The molecule has 0 spiro atoms. The van der Waals surface area contributed by atoms with E-state index in [-0.39, 0.29) is 11.9 Å². The van der Waals surface area contributed by atoms with Crippen LogP contribution in [0.15, 0.2) is 47.9 Å². The molecule has 0 aliphatic carbocycles. The van der Waals surface area contributed by atoms with Gasteiger partial charge in [-0.25, -0.2) is 9.97 Å². The molecule has 0 unspecified atom stereocenters. The summed E-state index contributed by atoms with van der Waals surface area (Å²) >= 11 is 1.43. The number of nitrogens with zero attached hydrogens (tertiary/aromatic N) is 5. The van der Waals surface area contributed by atoms with Crippen LogP contribution in [0.25, 0.3) is 11.0 Å². The summed E-state index contributed by atoms with van der Waals surface area (Å²) in [7, 11) is 1.85. The number of fused-ring (bicyclic) bond motifs is 1. The van der Waals surface area contributed by atoms with Crippen molar-refractivity contribution in [3.05, 3.63) is 48.4 Å². The summed E-state index contributed by atoms with van der Waals surface area (Å²) in [6.07, 6.45) is 4.25. The van der Waals surface area contributed by atoms with Crippen LogP contribution < -0.4 is 5.32 Å². The lowest BCUT2D eigenvalue weighted by molar-refractivity contribution is -0.119. The number of carbonyl (C=O) groups is 1. The van der Waals surface area contributed by atoms with E-state index in [9.17, 15) is 4.79 Å². The van der Waals surface area contributed by atoms with Gasteiger partial charge in [0.05, 0.1) is 17.3 Å². The molecule has 1 saturated heterocycles. The van der Waals surface area contributed by atoms with Gasteiger partial charge in [0.15, 0.2) is 5.65 Å². The molecule has 1 aliphatic rings. The number of carbonyl (C=O) groups excluding carboxylic acids is 1. The van der Waals surface area contributed by atoms with Crippen molar-refractivity contribution in [1.29, 1.82) is 0 Å².